The van der Waals surface area contributed by atoms with Crippen molar-refractivity contribution in [1.82, 2.24) is 9.97 Å². The maximum Gasteiger partial charge on any atom is 0.356 e. The van der Waals surface area contributed by atoms with E-state index in [4.69, 9.17) is 5.11 Å². The van der Waals surface area contributed by atoms with E-state index in [1.807, 2.05) is 0 Å². The molecule has 1 aromatic heterocycles. The highest BCUT2D eigenvalue weighted by Gasteiger charge is 2.28. The number of rotatable bonds is 4. The number of amides is 1. The molecule has 0 saturated carbocycles. The maximum atomic E-state index is 12.3. The lowest BCUT2D eigenvalue weighted by atomic mass is 10.2. The monoisotopic (exact) mass is 362 g/mol. The van der Waals surface area contributed by atoms with Gasteiger partial charge in [0.2, 0.25) is 10.0 Å². The van der Waals surface area contributed by atoms with Gasteiger partial charge in [-0.1, -0.05) is 6.07 Å². The van der Waals surface area contributed by atoms with E-state index in [9.17, 15) is 18.0 Å². The summed E-state index contributed by atoms with van der Waals surface area (Å²) in [4.78, 5) is 30.8. The number of hydrogen-bond donors (Lipinski definition) is 2. The molecule has 1 aliphatic rings. The number of hydrogen-bond acceptors (Lipinski definition) is 6. The molecular formula is C15H14N4O5S. The second-order valence-corrected chi connectivity index (χ2v) is 7.32. The van der Waals surface area contributed by atoms with Crippen LogP contribution in [-0.4, -0.2) is 47.7 Å². The fourth-order valence-corrected chi connectivity index (χ4v) is 4.08. The topological polar surface area (TPSA) is 130 Å². The van der Waals surface area contributed by atoms with E-state index in [1.165, 1.54) is 22.8 Å². The molecular weight excluding hydrogens is 348 g/mol. The molecule has 0 unspecified atom stereocenters. The molecule has 0 atom stereocenters. The largest absolute Gasteiger partial charge is 0.476 e. The molecule has 1 fully saturated rings. The summed E-state index contributed by atoms with van der Waals surface area (Å²) in [7, 11) is -3.33. The van der Waals surface area contributed by atoms with Crippen LogP contribution in [0, 0.1) is 0 Å². The van der Waals surface area contributed by atoms with Crippen LogP contribution in [0.25, 0.3) is 0 Å². The van der Waals surface area contributed by atoms with Gasteiger partial charge in [-0.05, 0) is 24.6 Å². The summed E-state index contributed by atoms with van der Waals surface area (Å²) in [6, 6.07) is 6.32. The lowest BCUT2D eigenvalue weighted by Crippen LogP contribution is -2.25. The van der Waals surface area contributed by atoms with E-state index in [-0.39, 0.29) is 11.4 Å². The number of carbonyl (C=O) groups is 2. The van der Waals surface area contributed by atoms with Crippen molar-refractivity contribution in [3.63, 3.8) is 0 Å². The molecule has 0 spiro atoms. The minimum absolute atomic E-state index is 0.0885. The fraction of sp³-hybridized carbons (Fsp3) is 0.200. The van der Waals surface area contributed by atoms with Crippen molar-refractivity contribution in [3.8, 4) is 0 Å². The van der Waals surface area contributed by atoms with Crippen molar-refractivity contribution in [1.29, 1.82) is 0 Å². The van der Waals surface area contributed by atoms with E-state index >= 15 is 0 Å². The third kappa shape index (κ3) is 3.43. The quantitative estimate of drug-likeness (QED) is 0.829. The Morgan fingerprint density at radius 2 is 1.88 bits per heavy atom. The van der Waals surface area contributed by atoms with Gasteiger partial charge < -0.3 is 10.4 Å². The van der Waals surface area contributed by atoms with Gasteiger partial charge in [0.05, 0.1) is 11.4 Å². The smallest absolute Gasteiger partial charge is 0.356 e. The summed E-state index contributed by atoms with van der Waals surface area (Å²) in [5.74, 6) is -2.02. The highest BCUT2D eigenvalue weighted by molar-refractivity contribution is 7.93. The second-order valence-electron chi connectivity index (χ2n) is 5.30. The highest BCUT2D eigenvalue weighted by atomic mass is 32.2. The van der Waals surface area contributed by atoms with Crippen molar-refractivity contribution in [2.45, 2.75) is 6.42 Å². The lowest BCUT2D eigenvalue weighted by molar-refractivity contribution is 0.0685. The van der Waals surface area contributed by atoms with Gasteiger partial charge in [0.25, 0.3) is 5.91 Å². The Kier molecular flexibility index (Phi) is 4.36. The minimum Gasteiger partial charge on any atom is -0.476 e. The number of carboxylic acid groups (broad SMARTS) is 1. The van der Waals surface area contributed by atoms with Crippen LogP contribution in [0.3, 0.4) is 0 Å². The number of anilines is 2. The van der Waals surface area contributed by atoms with Crippen LogP contribution >= 0.6 is 0 Å². The van der Waals surface area contributed by atoms with Crippen LogP contribution < -0.4 is 9.62 Å². The second kappa shape index (κ2) is 6.48. The number of aromatic nitrogens is 2. The molecule has 0 bridgehead atoms. The first-order valence-corrected chi connectivity index (χ1v) is 8.95. The molecule has 1 aromatic carbocycles. The highest BCUT2D eigenvalue weighted by Crippen LogP contribution is 2.26. The van der Waals surface area contributed by atoms with E-state index < -0.39 is 27.6 Å². The number of carboxylic acids is 1. The molecule has 1 amide bonds. The minimum atomic E-state index is -3.33. The summed E-state index contributed by atoms with van der Waals surface area (Å²) in [6.07, 6.45) is 2.94. The lowest BCUT2D eigenvalue weighted by Gasteiger charge is -2.17. The van der Waals surface area contributed by atoms with Crippen LogP contribution in [0.5, 0.6) is 0 Å². The summed E-state index contributed by atoms with van der Waals surface area (Å²) in [6.45, 7) is 0.382. The molecule has 0 radical (unpaired) electrons. The average Bonchev–Trinajstić information content (AvgIpc) is 2.94. The van der Waals surface area contributed by atoms with Crippen LogP contribution in [0.15, 0.2) is 36.7 Å². The standard InChI is InChI=1S/C15H14N4O5S/c20-14(12-13(15(21)22)17-6-5-16-12)18-10-3-1-4-11(9-10)19-7-2-8-25(19,23)24/h1,3-6,9H,2,7-8H2,(H,18,20)(H,21,22). The van der Waals surface area contributed by atoms with E-state index in [0.29, 0.717) is 24.3 Å². The number of sulfonamides is 1. The molecule has 130 valence electrons. The van der Waals surface area contributed by atoms with E-state index in [1.54, 1.807) is 18.2 Å². The Labute approximate surface area is 143 Å². The van der Waals surface area contributed by atoms with Crippen LogP contribution in [0.2, 0.25) is 0 Å². The molecule has 9 nitrogen and oxygen atoms in total. The fourth-order valence-electron chi connectivity index (χ4n) is 2.52. The summed E-state index contributed by atoms with van der Waals surface area (Å²) < 4.78 is 25.3. The summed E-state index contributed by atoms with van der Waals surface area (Å²) in [5.41, 5.74) is -0.0213. The summed E-state index contributed by atoms with van der Waals surface area (Å²) >= 11 is 0. The van der Waals surface area contributed by atoms with Gasteiger partial charge in [0, 0.05) is 24.6 Å². The molecule has 2 heterocycles. The predicted octanol–water partition coefficient (Wildman–Crippen LogP) is 0.967. The molecule has 0 aliphatic carbocycles. The zero-order valence-electron chi connectivity index (χ0n) is 12.9. The first-order chi connectivity index (χ1) is 11.9. The Morgan fingerprint density at radius 1 is 1.16 bits per heavy atom. The zero-order chi connectivity index (χ0) is 18.0. The van der Waals surface area contributed by atoms with Gasteiger partial charge in [0.15, 0.2) is 11.4 Å². The number of aromatic carboxylic acids is 1. The maximum absolute atomic E-state index is 12.3. The Balaban J connectivity index is 1.86. The van der Waals surface area contributed by atoms with Crippen LogP contribution in [-0.2, 0) is 10.0 Å². The zero-order valence-corrected chi connectivity index (χ0v) is 13.7. The molecule has 2 N–H and O–H groups in total. The van der Waals surface area contributed by atoms with Crippen LogP contribution in [0.4, 0.5) is 11.4 Å². The number of nitrogens with zero attached hydrogens (tertiary/aromatic N) is 3. The summed E-state index contributed by atoms with van der Waals surface area (Å²) in [5, 5.41) is 11.6. The van der Waals surface area contributed by atoms with Gasteiger partial charge in [-0.2, -0.15) is 0 Å². The molecule has 1 saturated heterocycles. The molecule has 3 rings (SSSR count). The first-order valence-electron chi connectivity index (χ1n) is 7.34. The van der Waals surface area contributed by atoms with E-state index in [2.05, 4.69) is 15.3 Å². The van der Waals surface area contributed by atoms with Crippen molar-refractivity contribution in [3.05, 3.63) is 48.0 Å². The van der Waals surface area contributed by atoms with Crippen LogP contribution in [0.1, 0.15) is 27.4 Å². The molecule has 2 aromatic rings. The molecule has 25 heavy (non-hydrogen) atoms. The van der Waals surface area contributed by atoms with Gasteiger partial charge >= 0.3 is 5.97 Å². The van der Waals surface area contributed by atoms with Crippen molar-refractivity contribution < 1.29 is 23.1 Å². The van der Waals surface area contributed by atoms with Crippen molar-refractivity contribution in [2.75, 3.05) is 21.9 Å². The number of benzene rings is 1. The van der Waals surface area contributed by atoms with Gasteiger partial charge in [0.1, 0.15) is 0 Å². The Hall–Kier alpha value is -3.01. The number of carbonyl (C=O) groups excluding carboxylic acids is 1. The first kappa shape index (κ1) is 16.8. The van der Waals surface area contributed by atoms with E-state index in [0.717, 1.165) is 0 Å². The Bertz CT molecular complexity index is 944. The van der Waals surface area contributed by atoms with Gasteiger partial charge in [-0.25, -0.2) is 23.2 Å². The predicted molar refractivity (Wildman–Crippen MR) is 89.1 cm³/mol. The van der Waals surface area contributed by atoms with Crippen molar-refractivity contribution in [2.24, 2.45) is 0 Å². The van der Waals surface area contributed by atoms with Gasteiger partial charge in [-0.15, -0.1) is 0 Å². The normalized spacial score (nSPS) is 15.8. The average molecular weight is 362 g/mol. The number of nitrogens with one attached hydrogen (secondary N) is 1. The third-order valence-corrected chi connectivity index (χ3v) is 5.48. The third-order valence-electron chi connectivity index (χ3n) is 3.61. The Morgan fingerprint density at radius 3 is 2.52 bits per heavy atom. The van der Waals surface area contributed by atoms with Crippen molar-refractivity contribution >= 4 is 33.3 Å². The van der Waals surface area contributed by atoms with Gasteiger partial charge in [-0.3, -0.25) is 9.10 Å². The molecule has 10 heteroatoms. The molecule has 1 aliphatic heterocycles. The SMILES string of the molecule is O=C(O)c1nccnc1C(=O)Nc1cccc(N2CCCS2(=O)=O)c1.